The van der Waals surface area contributed by atoms with E-state index in [0.717, 1.165) is 10.00 Å². The fourth-order valence-corrected chi connectivity index (χ4v) is 2.49. The summed E-state index contributed by atoms with van der Waals surface area (Å²) >= 11 is 0. The van der Waals surface area contributed by atoms with E-state index in [1.165, 1.54) is 32.3 Å². The summed E-state index contributed by atoms with van der Waals surface area (Å²) in [6, 6.07) is 6.03. The summed E-state index contributed by atoms with van der Waals surface area (Å²) in [6.45, 7) is 1.84. The zero-order valence-electron chi connectivity index (χ0n) is 11.4. The lowest BCUT2D eigenvalue weighted by Crippen LogP contribution is -2.22. The molecule has 7 nitrogen and oxygen atoms in total. The molecule has 0 bridgehead atoms. The summed E-state index contributed by atoms with van der Waals surface area (Å²) < 4.78 is 30.5. The maximum Gasteiger partial charge on any atom is 0.242 e. The van der Waals surface area contributed by atoms with Crippen LogP contribution in [0.25, 0.3) is 0 Å². The van der Waals surface area contributed by atoms with Crippen molar-refractivity contribution in [2.75, 3.05) is 19.8 Å². The second-order valence-electron chi connectivity index (χ2n) is 4.48. The van der Waals surface area contributed by atoms with Crippen molar-refractivity contribution in [1.82, 2.24) is 14.5 Å². The molecule has 1 heterocycles. The Morgan fingerprint density at radius 1 is 1.30 bits per heavy atom. The molecule has 108 valence electrons. The number of aryl methyl sites for hydroxylation is 1. The Kier molecular flexibility index (Phi) is 3.69. The average Bonchev–Trinajstić information content (AvgIpc) is 2.77. The number of rotatable bonds is 4. The van der Waals surface area contributed by atoms with Crippen molar-refractivity contribution < 1.29 is 13.2 Å². The SMILES string of the molecule is Cc1cc(Oc2ccc(S(=O)(=O)N(C)C)cc2N)n[nH]1. The van der Waals surface area contributed by atoms with Gasteiger partial charge in [0.25, 0.3) is 0 Å². The van der Waals surface area contributed by atoms with Crippen LogP contribution in [0.5, 0.6) is 11.6 Å². The first-order valence-electron chi connectivity index (χ1n) is 5.82. The fourth-order valence-electron chi connectivity index (χ4n) is 1.55. The summed E-state index contributed by atoms with van der Waals surface area (Å²) in [5.74, 6) is 0.728. The van der Waals surface area contributed by atoms with Gasteiger partial charge in [-0.15, -0.1) is 5.10 Å². The van der Waals surface area contributed by atoms with E-state index < -0.39 is 10.0 Å². The second kappa shape index (κ2) is 5.14. The number of nitrogens with zero attached hydrogens (tertiary/aromatic N) is 2. The van der Waals surface area contributed by atoms with Gasteiger partial charge in [0.1, 0.15) is 0 Å². The minimum Gasteiger partial charge on any atom is -0.435 e. The van der Waals surface area contributed by atoms with Gasteiger partial charge in [0.15, 0.2) is 5.75 Å². The van der Waals surface area contributed by atoms with Crippen molar-refractivity contribution in [1.29, 1.82) is 0 Å². The molecule has 8 heteroatoms. The summed E-state index contributed by atoms with van der Waals surface area (Å²) in [4.78, 5) is 0.116. The Labute approximate surface area is 117 Å². The summed E-state index contributed by atoms with van der Waals surface area (Å²) in [5, 5.41) is 6.66. The van der Waals surface area contributed by atoms with Gasteiger partial charge in [-0.05, 0) is 25.1 Å². The van der Waals surface area contributed by atoms with Gasteiger partial charge in [0, 0.05) is 25.9 Å². The summed E-state index contributed by atoms with van der Waals surface area (Å²) in [5.41, 5.74) is 6.91. The number of ether oxygens (including phenoxy) is 1. The van der Waals surface area contributed by atoms with Gasteiger partial charge in [-0.1, -0.05) is 0 Å². The third-order valence-corrected chi connectivity index (χ3v) is 4.47. The number of aromatic amines is 1. The molecule has 2 rings (SSSR count). The predicted molar refractivity (Wildman–Crippen MR) is 75.1 cm³/mol. The van der Waals surface area contributed by atoms with Crippen LogP contribution >= 0.6 is 0 Å². The first-order chi connectivity index (χ1) is 9.30. The molecule has 0 amide bonds. The topological polar surface area (TPSA) is 101 Å². The lowest BCUT2D eigenvalue weighted by Gasteiger charge is -2.13. The molecule has 0 saturated carbocycles. The zero-order valence-corrected chi connectivity index (χ0v) is 12.2. The van der Waals surface area contributed by atoms with Crippen LogP contribution in [0, 0.1) is 6.92 Å². The molecule has 1 aromatic heterocycles. The number of hydrogen-bond donors (Lipinski definition) is 2. The van der Waals surface area contributed by atoms with Crippen molar-refractivity contribution in [3.8, 4) is 11.6 Å². The highest BCUT2D eigenvalue weighted by Crippen LogP contribution is 2.29. The van der Waals surface area contributed by atoms with Crippen LogP contribution in [0.3, 0.4) is 0 Å². The van der Waals surface area contributed by atoms with Crippen LogP contribution in [0.1, 0.15) is 5.69 Å². The van der Waals surface area contributed by atoms with Crippen LogP contribution in [0.15, 0.2) is 29.2 Å². The van der Waals surface area contributed by atoms with E-state index in [1.54, 1.807) is 6.07 Å². The van der Waals surface area contributed by atoms with Gasteiger partial charge in [0.05, 0.1) is 10.6 Å². The third kappa shape index (κ3) is 2.75. The Hall–Kier alpha value is -2.06. The Balaban J connectivity index is 2.31. The van der Waals surface area contributed by atoms with E-state index in [0.29, 0.717) is 11.6 Å². The van der Waals surface area contributed by atoms with Gasteiger partial charge in [-0.25, -0.2) is 12.7 Å². The highest BCUT2D eigenvalue weighted by Gasteiger charge is 2.18. The standard InChI is InChI=1S/C12H16N4O3S/c1-8-6-12(15-14-8)19-11-5-4-9(7-10(11)13)20(17,18)16(2)3/h4-7H,13H2,1-3H3,(H,14,15). The second-order valence-corrected chi connectivity index (χ2v) is 6.63. The van der Waals surface area contributed by atoms with E-state index in [-0.39, 0.29) is 10.6 Å². The van der Waals surface area contributed by atoms with Crippen molar-refractivity contribution in [2.24, 2.45) is 0 Å². The number of nitrogens with two attached hydrogens (primary N) is 1. The van der Waals surface area contributed by atoms with Gasteiger partial charge >= 0.3 is 0 Å². The minimum atomic E-state index is -3.51. The molecular formula is C12H16N4O3S. The molecule has 2 aromatic rings. The van der Waals surface area contributed by atoms with E-state index in [1.807, 2.05) is 6.92 Å². The average molecular weight is 296 g/mol. The molecule has 0 spiro atoms. The van der Waals surface area contributed by atoms with E-state index in [2.05, 4.69) is 10.2 Å². The Morgan fingerprint density at radius 3 is 2.50 bits per heavy atom. The van der Waals surface area contributed by atoms with E-state index in [9.17, 15) is 8.42 Å². The quantitative estimate of drug-likeness (QED) is 0.829. The molecule has 0 aliphatic carbocycles. The zero-order chi connectivity index (χ0) is 14.9. The number of nitrogen functional groups attached to an aromatic ring is 1. The van der Waals surface area contributed by atoms with Crippen LogP contribution < -0.4 is 10.5 Å². The van der Waals surface area contributed by atoms with E-state index in [4.69, 9.17) is 10.5 Å². The minimum absolute atomic E-state index is 0.116. The molecule has 0 unspecified atom stereocenters. The number of benzene rings is 1. The fraction of sp³-hybridized carbons (Fsp3) is 0.250. The summed E-state index contributed by atoms with van der Waals surface area (Å²) in [6.07, 6.45) is 0. The highest BCUT2D eigenvalue weighted by molar-refractivity contribution is 7.89. The van der Waals surface area contributed by atoms with Crippen LogP contribution in [0.2, 0.25) is 0 Å². The number of sulfonamides is 1. The Morgan fingerprint density at radius 2 is 2.00 bits per heavy atom. The molecule has 3 N–H and O–H groups in total. The van der Waals surface area contributed by atoms with Crippen molar-refractivity contribution in [3.63, 3.8) is 0 Å². The molecular weight excluding hydrogens is 280 g/mol. The first kappa shape index (κ1) is 14.4. The molecule has 0 atom stereocenters. The molecule has 0 radical (unpaired) electrons. The molecule has 0 fully saturated rings. The number of anilines is 1. The van der Waals surface area contributed by atoms with Gasteiger partial charge in [-0.2, -0.15) is 0 Å². The molecule has 0 aliphatic rings. The monoisotopic (exact) mass is 296 g/mol. The summed E-state index contributed by atoms with van der Waals surface area (Å²) in [7, 11) is -0.587. The number of hydrogen-bond acceptors (Lipinski definition) is 5. The lowest BCUT2D eigenvalue weighted by molar-refractivity contribution is 0.463. The largest absolute Gasteiger partial charge is 0.435 e. The smallest absolute Gasteiger partial charge is 0.242 e. The lowest BCUT2D eigenvalue weighted by atomic mass is 10.3. The highest BCUT2D eigenvalue weighted by atomic mass is 32.2. The number of aromatic nitrogens is 2. The van der Waals surface area contributed by atoms with Gasteiger partial charge in [0.2, 0.25) is 15.9 Å². The maximum absolute atomic E-state index is 12.0. The van der Waals surface area contributed by atoms with Crippen LogP contribution in [-0.4, -0.2) is 37.0 Å². The number of H-pyrrole nitrogens is 1. The number of nitrogens with one attached hydrogen (secondary N) is 1. The van der Waals surface area contributed by atoms with Crippen molar-refractivity contribution in [2.45, 2.75) is 11.8 Å². The maximum atomic E-state index is 12.0. The van der Waals surface area contributed by atoms with Gasteiger partial charge in [-0.3, -0.25) is 5.10 Å². The third-order valence-electron chi connectivity index (χ3n) is 2.66. The molecule has 1 aromatic carbocycles. The van der Waals surface area contributed by atoms with Crippen LogP contribution in [0.4, 0.5) is 5.69 Å². The van der Waals surface area contributed by atoms with Crippen molar-refractivity contribution >= 4 is 15.7 Å². The molecule has 20 heavy (non-hydrogen) atoms. The van der Waals surface area contributed by atoms with Crippen molar-refractivity contribution in [3.05, 3.63) is 30.0 Å². The molecule has 0 saturated heterocycles. The van der Waals surface area contributed by atoms with E-state index >= 15 is 0 Å². The van der Waals surface area contributed by atoms with Crippen LogP contribution in [-0.2, 0) is 10.0 Å². The predicted octanol–water partition coefficient (Wildman–Crippen LogP) is 1.34. The van der Waals surface area contributed by atoms with Gasteiger partial charge < -0.3 is 10.5 Å². The molecule has 0 aliphatic heterocycles. The Bertz CT molecular complexity index is 722. The first-order valence-corrected chi connectivity index (χ1v) is 7.26. The normalized spacial score (nSPS) is 11.8.